The van der Waals surface area contributed by atoms with Crippen LogP contribution in [0.25, 0.3) is 0 Å². The van der Waals surface area contributed by atoms with Gasteiger partial charge in [0.15, 0.2) is 0 Å². The molecule has 16 heavy (non-hydrogen) atoms. The largest absolute Gasteiger partial charge is 0.478 e. The van der Waals surface area contributed by atoms with Crippen molar-refractivity contribution in [1.82, 2.24) is 4.98 Å². The van der Waals surface area contributed by atoms with Gasteiger partial charge >= 0.3 is 5.97 Å². The van der Waals surface area contributed by atoms with E-state index < -0.39 is 5.97 Å². The normalized spacial score (nSPS) is 20.8. The number of aromatic nitrogens is 1. The molecule has 1 aromatic rings. The number of carbonyl (C=O) groups is 1. The molecule has 1 aliphatic rings. The van der Waals surface area contributed by atoms with Gasteiger partial charge < -0.3 is 10.0 Å². The summed E-state index contributed by atoms with van der Waals surface area (Å²) in [6.45, 7) is 4.08. The van der Waals surface area contributed by atoms with Crippen LogP contribution in [0.3, 0.4) is 0 Å². The van der Waals surface area contributed by atoms with Crippen LogP contribution < -0.4 is 4.90 Å². The lowest BCUT2D eigenvalue weighted by atomic mass is 9.99. The van der Waals surface area contributed by atoms with E-state index >= 15 is 0 Å². The highest BCUT2D eigenvalue weighted by Gasteiger charge is 2.20. The zero-order valence-electron chi connectivity index (χ0n) is 9.39. The molecule has 0 spiro atoms. The summed E-state index contributed by atoms with van der Waals surface area (Å²) in [5.74, 6) is -0.273. The van der Waals surface area contributed by atoms with Crippen molar-refractivity contribution in [2.75, 3.05) is 18.0 Å². The van der Waals surface area contributed by atoms with Gasteiger partial charge in [-0.3, -0.25) is 4.98 Å². The summed E-state index contributed by atoms with van der Waals surface area (Å²) in [5, 5.41) is 9.10. The summed E-state index contributed by atoms with van der Waals surface area (Å²) in [6.07, 6.45) is 5.44. The second kappa shape index (κ2) is 4.51. The van der Waals surface area contributed by atoms with Gasteiger partial charge in [0.1, 0.15) is 5.56 Å². The molecule has 4 heteroatoms. The molecule has 0 aliphatic carbocycles. The highest BCUT2D eigenvalue weighted by atomic mass is 16.4. The van der Waals surface area contributed by atoms with Gasteiger partial charge in [-0.2, -0.15) is 0 Å². The smallest absolute Gasteiger partial charge is 0.339 e. The van der Waals surface area contributed by atoms with Gasteiger partial charge in [-0.1, -0.05) is 6.92 Å². The number of carboxylic acid groups (broad SMARTS) is 1. The average Bonchev–Trinajstić information content (AvgIpc) is 2.29. The first-order valence-electron chi connectivity index (χ1n) is 5.60. The van der Waals surface area contributed by atoms with Gasteiger partial charge in [0, 0.05) is 25.5 Å². The Morgan fingerprint density at radius 2 is 2.44 bits per heavy atom. The summed E-state index contributed by atoms with van der Waals surface area (Å²) >= 11 is 0. The van der Waals surface area contributed by atoms with Crippen LogP contribution in [0.1, 0.15) is 30.1 Å². The molecule has 1 aromatic heterocycles. The molecule has 0 unspecified atom stereocenters. The summed E-state index contributed by atoms with van der Waals surface area (Å²) < 4.78 is 0. The lowest BCUT2D eigenvalue weighted by Gasteiger charge is -2.33. The molecule has 86 valence electrons. The molecule has 0 radical (unpaired) electrons. The first-order valence-corrected chi connectivity index (χ1v) is 5.60. The number of hydrogen-bond donors (Lipinski definition) is 1. The van der Waals surface area contributed by atoms with Crippen molar-refractivity contribution < 1.29 is 9.90 Å². The minimum absolute atomic E-state index is 0.302. The molecule has 2 heterocycles. The molecule has 2 rings (SSSR count). The number of pyridine rings is 1. The van der Waals surface area contributed by atoms with Crippen molar-refractivity contribution in [3.8, 4) is 0 Å². The first-order chi connectivity index (χ1) is 7.68. The van der Waals surface area contributed by atoms with Crippen molar-refractivity contribution >= 4 is 11.7 Å². The van der Waals surface area contributed by atoms with Crippen molar-refractivity contribution in [2.24, 2.45) is 5.92 Å². The Bertz CT molecular complexity index is 392. The molecule has 0 bridgehead atoms. The van der Waals surface area contributed by atoms with E-state index in [1.807, 2.05) is 0 Å². The van der Waals surface area contributed by atoms with Crippen LogP contribution in [0.2, 0.25) is 0 Å². The van der Waals surface area contributed by atoms with E-state index in [0.717, 1.165) is 25.2 Å². The van der Waals surface area contributed by atoms with Gasteiger partial charge in [-0.15, -0.1) is 0 Å². The van der Waals surface area contributed by atoms with Crippen LogP contribution in [0.4, 0.5) is 5.69 Å². The molecule has 1 aliphatic heterocycles. The highest BCUT2D eigenvalue weighted by molar-refractivity contribution is 5.94. The molecular weight excluding hydrogens is 204 g/mol. The lowest BCUT2D eigenvalue weighted by molar-refractivity contribution is 0.0697. The lowest BCUT2D eigenvalue weighted by Crippen LogP contribution is -2.35. The molecule has 1 saturated heterocycles. The van der Waals surface area contributed by atoms with E-state index in [1.165, 1.54) is 12.6 Å². The fraction of sp³-hybridized carbons (Fsp3) is 0.500. The standard InChI is InChI=1S/C12H16N2O2/c1-9-3-2-6-14(8-9)11-4-5-13-7-10(11)12(15)16/h4-5,7,9H,2-3,6,8H2,1H3,(H,15,16)/t9-/m1/s1. The van der Waals surface area contributed by atoms with Crippen molar-refractivity contribution in [3.63, 3.8) is 0 Å². The highest BCUT2D eigenvalue weighted by Crippen LogP contribution is 2.25. The van der Waals surface area contributed by atoms with E-state index in [1.54, 1.807) is 12.3 Å². The first kappa shape index (κ1) is 10.9. The Hall–Kier alpha value is -1.58. The Morgan fingerprint density at radius 1 is 1.62 bits per heavy atom. The molecule has 1 atom stereocenters. The van der Waals surface area contributed by atoms with Crippen molar-refractivity contribution in [2.45, 2.75) is 19.8 Å². The van der Waals surface area contributed by atoms with Crippen molar-refractivity contribution in [1.29, 1.82) is 0 Å². The van der Waals surface area contributed by atoms with E-state index in [0.29, 0.717) is 11.5 Å². The monoisotopic (exact) mass is 220 g/mol. The van der Waals surface area contributed by atoms with Gasteiger partial charge in [0.25, 0.3) is 0 Å². The average molecular weight is 220 g/mol. The summed E-state index contributed by atoms with van der Waals surface area (Å²) in [5.41, 5.74) is 1.10. The van der Waals surface area contributed by atoms with Crippen LogP contribution in [0, 0.1) is 5.92 Å². The third-order valence-electron chi connectivity index (χ3n) is 3.03. The second-order valence-electron chi connectivity index (χ2n) is 4.39. The summed E-state index contributed by atoms with van der Waals surface area (Å²) in [4.78, 5) is 17.1. The molecule has 1 N–H and O–H groups in total. The van der Waals surface area contributed by atoms with Crippen LogP contribution in [-0.2, 0) is 0 Å². The topological polar surface area (TPSA) is 53.4 Å². The zero-order valence-corrected chi connectivity index (χ0v) is 9.39. The van der Waals surface area contributed by atoms with Gasteiger partial charge in [0.2, 0.25) is 0 Å². The minimum Gasteiger partial charge on any atom is -0.478 e. The molecule has 4 nitrogen and oxygen atoms in total. The Morgan fingerprint density at radius 3 is 3.12 bits per heavy atom. The summed E-state index contributed by atoms with van der Waals surface area (Å²) in [6, 6.07) is 1.79. The van der Waals surface area contributed by atoms with Gasteiger partial charge in [-0.25, -0.2) is 4.79 Å². The van der Waals surface area contributed by atoms with Gasteiger partial charge in [-0.05, 0) is 24.8 Å². The Kier molecular flexibility index (Phi) is 3.08. The SMILES string of the molecule is C[C@@H]1CCCN(c2ccncc2C(=O)O)C1. The quantitative estimate of drug-likeness (QED) is 0.828. The Labute approximate surface area is 94.9 Å². The number of hydrogen-bond acceptors (Lipinski definition) is 3. The van der Waals surface area contributed by atoms with Gasteiger partial charge in [0.05, 0.1) is 5.69 Å². The molecule has 0 saturated carbocycles. The van der Waals surface area contributed by atoms with E-state index in [9.17, 15) is 4.79 Å². The van der Waals surface area contributed by atoms with Crippen LogP contribution in [-0.4, -0.2) is 29.1 Å². The van der Waals surface area contributed by atoms with Crippen LogP contribution in [0.15, 0.2) is 18.5 Å². The van der Waals surface area contributed by atoms with E-state index in [-0.39, 0.29) is 0 Å². The molecule has 0 aromatic carbocycles. The molecule has 0 amide bonds. The maximum atomic E-state index is 11.1. The molecule has 1 fully saturated rings. The summed E-state index contributed by atoms with van der Waals surface area (Å²) in [7, 11) is 0. The molecular formula is C12H16N2O2. The number of piperidine rings is 1. The zero-order chi connectivity index (χ0) is 11.5. The maximum Gasteiger partial charge on any atom is 0.339 e. The Balaban J connectivity index is 2.28. The fourth-order valence-corrected chi connectivity index (χ4v) is 2.24. The predicted molar refractivity (Wildman–Crippen MR) is 61.8 cm³/mol. The number of rotatable bonds is 2. The maximum absolute atomic E-state index is 11.1. The minimum atomic E-state index is -0.902. The predicted octanol–water partition coefficient (Wildman–Crippen LogP) is 2.02. The number of anilines is 1. The fourth-order valence-electron chi connectivity index (χ4n) is 2.24. The second-order valence-corrected chi connectivity index (χ2v) is 4.39. The third-order valence-corrected chi connectivity index (χ3v) is 3.03. The number of nitrogens with zero attached hydrogens (tertiary/aromatic N) is 2. The van der Waals surface area contributed by atoms with Crippen molar-refractivity contribution in [3.05, 3.63) is 24.0 Å². The van der Waals surface area contributed by atoms with Crippen LogP contribution in [0.5, 0.6) is 0 Å². The third kappa shape index (κ3) is 2.15. The van der Waals surface area contributed by atoms with E-state index in [4.69, 9.17) is 5.11 Å². The number of carboxylic acids is 1. The van der Waals surface area contributed by atoms with Crippen LogP contribution >= 0.6 is 0 Å². The van der Waals surface area contributed by atoms with E-state index in [2.05, 4.69) is 16.8 Å². The number of aromatic carboxylic acids is 1.